The van der Waals surface area contributed by atoms with Crippen molar-refractivity contribution in [3.8, 4) is 0 Å². The number of hydrogen-bond acceptors (Lipinski definition) is 7. The van der Waals surface area contributed by atoms with E-state index in [0.717, 1.165) is 98.9 Å². The normalized spacial score (nSPS) is 33.3. The second kappa shape index (κ2) is 19.9. The molecule has 7 nitrogen and oxygen atoms in total. The molecule has 0 amide bonds. The van der Waals surface area contributed by atoms with Crippen LogP contribution >= 0.6 is 0 Å². The monoisotopic (exact) mass is 772 g/mol. The average molecular weight is 772 g/mol. The van der Waals surface area contributed by atoms with E-state index in [1.165, 1.54) is 101 Å². The largest absolute Gasteiger partial charge is 0.385 e. The SMILES string of the molecule is CC(C)CCC[C@@H](C)[C@H]1CC[C@H]2[C@@H]3CCC4C[C@H](NCCCCNc5ccnc(CN(C)CCN(C)CC6CC(N(C)C)=CC=N6)c5)CC[C@]4(C)[C@H]3CC[C@]12C. The Morgan fingerprint density at radius 1 is 0.839 bits per heavy atom. The Balaban J connectivity index is 0.857. The lowest BCUT2D eigenvalue weighted by atomic mass is 9.44. The van der Waals surface area contributed by atoms with Gasteiger partial charge in [-0.25, -0.2) is 0 Å². The lowest BCUT2D eigenvalue weighted by Crippen LogP contribution is -2.55. The molecule has 56 heavy (non-hydrogen) atoms. The Kier molecular flexibility index (Phi) is 15.5. The van der Waals surface area contributed by atoms with Gasteiger partial charge in [0.05, 0.1) is 11.7 Å². The summed E-state index contributed by atoms with van der Waals surface area (Å²) in [6.07, 6.45) is 27.2. The molecule has 0 aromatic carbocycles. The summed E-state index contributed by atoms with van der Waals surface area (Å²) in [5, 5.41) is 7.75. The number of dihydropyridines is 1. The zero-order valence-electron chi connectivity index (χ0n) is 37.7. The average Bonchev–Trinajstić information content (AvgIpc) is 3.53. The van der Waals surface area contributed by atoms with E-state index < -0.39 is 0 Å². The van der Waals surface area contributed by atoms with Crippen molar-refractivity contribution in [3.63, 3.8) is 0 Å². The summed E-state index contributed by atoms with van der Waals surface area (Å²) in [5.41, 5.74) is 4.89. The molecule has 1 aromatic heterocycles. The smallest absolute Gasteiger partial charge is 0.0680 e. The highest BCUT2D eigenvalue weighted by Gasteiger charge is 2.60. The van der Waals surface area contributed by atoms with Gasteiger partial charge < -0.3 is 20.4 Å². The third kappa shape index (κ3) is 10.8. The van der Waals surface area contributed by atoms with E-state index in [-0.39, 0.29) is 0 Å². The molecule has 7 heteroatoms. The van der Waals surface area contributed by atoms with Crippen molar-refractivity contribution >= 4 is 11.9 Å². The van der Waals surface area contributed by atoms with E-state index in [4.69, 9.17) is 9.98 Å². The first-order chi connectivity index (χ1) is 26.9. The number of aromatic nitrogens is 1. The third-order valence-electron chi connectivity index (χ3n) is 16.4. The summed E-state index contributed by atoms with van der Waals surface area (Å²) >= 11 is 0. The van der Waals surface area contributed by atoms with Gasteiger partial charge in [-0.05, 0) is 162 Å². The molecule has 5 aliphatic rings. The van der Waals surface area contributed by atoms with E-state index in [1.807, 2.05) is 12.4 Å². The van der Waals surface area contributed by atoms with Crippen molar-refractivity contribution in [1.29, 1.82) is 0 Å². The molecule has 1 aliphatic heterocycles. The van der Waals surface area contributed by atoms with Gasteiger partial charge in [0.25, 0.3) is 0 Å². The molecular formula is C49H85N7. The second-order valence-corrected chi connectivity index (χ2v) is 21.0. The van der Waals surface area contributed by atoms with Gasteiger partial charge in [-0.3, -0.25) is 14.9 Å². The number of nitrogens with one attached hydrogen (secondary N) is 2. The number of aliphatic imine (C=N–C) groups is 1. The molecule has 4 saturated carbocycles. The maximum absolute atomic E-state index is 4.71. The Morgan fingerprint density at radius 3 is 2.41 bits per heavy atom. The van der Waals surface area contributed by atoms with E-state index in [0.29, 0.717) is 16.9 Å². The van der Waals surface area contributed by atoms with Crippen LogP contribution in [0.3, 0.4) is 0 Å². The van der Waals surface area contributed by atoms with E-state index in [2.05, 4.69) is 106 Å². The summed E-state index contributed by atoms with van der Waals surface area (Å²) in [6.45, 7) is 19.0. The number of pyridine rings is 1. The van der Waals surface area contributed by atoms with Gasteiger partial charge in [-0.1, -0.05) is 53.9 Å². The van der Waals surface area contributed by atoms with Crippen LogP contribution in [0.4, 0.5) is 5.69 Å². The predicted molar refractivity (Wildman–Crippen MR) is 239 cm³/mol. The van der Waals surface area contributed by atoms with Crippen LogP contribution in [-0.4, -0.2) is 98.9 Å². The van der Waals surface area contributed by atoms with Crippen LogP contribution in [0.1, 0.15) is 137 Å². The maximum Gasteiger partial charge on any atom is 0.0680 e. The minimum Gasteiger partial charge on any atom is -0.385 e. The van der Waals surface area contributed by atoms with Gasteiger partial charge in [0.1, 0.15) is 0 Å². The summed E-state index contributed by atoms with van der Waals surface area (Å²) < 4.78 is 0. The predicted octanol–water partition coefficient (Wildman–Crippen LogP) is 10.0. The quantitative estimate of drug-likeness (QED) is 0.129. The Labute approximate surface area is 344 Å². The molecule has 0 spiro atoms. The van der Waals surface area contributed by atoms with Crippen molar-refractivity contribution < 1.29 is 0 Å². The number of hydrogen-bond donors (Lipinski definition) is 2. The van der Waals surface area contributed by atoms with Crippen molar-refractivity contribution in [2.75, 3.05) is 66.2 Å². The molecule has 4 fully saturated rings. The molecule has 316 valence electrons. The fourth-order valence-electron chi connectivity index (χ4n) is 13.1. The van der Waals surface area contributed by atoms with Crippen molar-refractivity contribution in [2.45, 2.75) is 150 Å². The summed E-state index contributed by atoms with van der Waals surface area (Å²) in [4.78, 5) is 16.4. The van der Waals surface area contributed by atoms with Crippen LogP contribution in [0.25, 0.3) is 0 Å². The number of fused-ring (bicyclic) bond motifs is 5. The second-order valence-electron chi connectivity index (χ2n) is 21.0. The highest BCUT2D eigenvalue weighted by atomic mass is 15.2. The molecule has 2 N–H and O–H groups in total. The molecule has 2 heterocycles. The molecule has 0 saturated heterocycles. The molecule has 10 atom stereocenters. The summed E-state index contributed by atoms with van der Waals surface area (Å²) in [5.74, 6) is 6.66. The lowest BCUT2D eigenvalue weighted by molar-refractivity contribution is -0.118. The summed E-state index contributed by atoms with van der Waals surface area (Å²) in [7, 11) is 8.66. The number of anilines is 1. The lowest BCUT2D eigenvalue weighted by Gasteiger charge is -2.61. The molecule has 1 aromatic rings. The first kappa shape index (κ1) is 43.6. The van der Waals surface area contributed by atoms with Crippen LogP contribution in [0.5, 0.6) is 0 Å². The van der Waals surface area contributed by atoms with E-state index in [1.54, 1.807) is 0 Å². The fraction of sp³-hybridized carbons (Fsp3) is 0.837. The molecule has 0 bridgehead atoms. The topological polar surface area (TPSA) is 59.0 Å². The zero-order chi connectivity index (χ0) is 39.9. The minimum absolute atomic E-state index is 0.341. The van der Waals surface area contributed by atoms with E-state index in [9.17, 15) is 0 Å². The Bertz CT molecular complexity index is 1420. The van der Waals surface area contributed by atoms with Gasteiger partial charge in [-0.2, -0.15) is 0 Å². The highest BCUT2D eigenvalue weighted by Crippen LogP contribution is 2.68. The van der Waals surface area contributed by atoms with Crippen LogP contribution in [0.2, 0.25) is 0 Å². The van der Waals surface area contributed by atoms with Gasteiger partial charge in [-0.15, -0.1) is 0 Å². The van der Waals surface area contributed by atoms with Crippen molar-refractivity contribution in [1.82, 2.24) is 25.0 Å². The number of rotatable bonds is 20. The van der Waals surface area contributed by atoms with Gasteiger partial charge in [0, 0.05) is 83.1 Å². The molecule has 4 aliphatic carbocycles. The molecular weight excluding hydrogens is 687 g/mol. The van der Waals surface area contributed by atoms with Crippen molar-refractivity contribution in [2.24, 2.45) is 57.2 Å². The fourth-order valence-corrected chi connectivity index (χ4v) is 13.1. The van der Waals surface area contributed by atoms with Crippen LogP contribution in [0, 0.1) is 52.3 Å². The van der Waals surface area contributed by atoms with Crippen LogP contribution in [-0.2, 0) is 6.54 Å². The van der Waals surface area contributed by atoms with Crippen molar-refractivity contribution in [3.05, 3.63) is 35.8 Å². The van der Waals surface area contributed by atoms with Crippen LogP contribution in [0.15, 0.2) is 35.1 Å². The third-order valence-corrected chi connectivity index (χ3v) is 16.4. The van der Waals surface area contributed by atoms with Crippen LogP contribution < -0.4 is 10.6 Å². The molecule has 0 radical (unpaired) electrons. The Hall–Kier alpha value is -1.96. The Morgan fingerprint density at radius 2 is 1.61 bits per heavy atom. The van der Waals surface area contributed by atoms with E-state index >= 15 is 0 Å². The van der Waals surface area contributed by atoms with Gasteiger partial charge >= 0.3 is 0 Å². The standard InChI is InChI=1S/C49H85N7/c1-36(2)13-12-14-37(3)45-17-18-46-44-16-15-38-31-39(19-23-48(38,4)47(44)20-24-49(45,46)5)50-25-10-11-26-51-40-21-27-52-41(32-40)34-55(8)29-30-56(9)35-42-33-43(54(6)7)22-28-53-42/h21-22,27-28,32,36-39,42,44-47,50H,10-20,23-26,29-31,33-35H2,1-9H3,(H,51,52)/t37-,38?,39-,42?,44+,45-,46+,47+,48+,49-/m1/s1. The number of nitrogens with zero attached hydrogens (tertiary/aromatic N) is 5. The highest BCUT2D eigenvalue weighted by molar-refractivity contribution is 5.73. The first-order valence-electron chi connectivity index (χ1n) is 23.5. The first-order valence-corrected chi connectivity index (χ1v) is 23.5. The van der Waals surface area contributed by atoms with Gasteiger partial charge in [0.15, 0.2) is 0 Å². The van der Waals surface area contributed by atoms with Gasteiger partial charge in [0.2, 0.25) is 0 Å². The number of likely N-dealkylation sites (N-methyl/N-ethyl adjacent to an activating group) is 2. The minimum atomic E-state index is 0.341. The summed E-state index contributed by atoms with van der Waals surface area (Å²) in [6, 6.07) is 5.43. The molecule has 6 rings (SSSR count). The number of allylic oxidation sites excluding steroid dienone is 1. The number of unbranched alkanes of at least 4 members (excludes halogenated alkanes) is 1. The maximum atomic E-state index is 4.71. The molecule has 2 unspecified atom stereocenters. The zero-order valence-corrected chi connectivity index (χ0v) is 37.7.